The van der Waals surface area contributed by atoms with E-state index in [1.807, 2.05) is 0 Å². The number of ether oxygens (including phenoxy) is 1. The van der Waals surface area contributed by atoms with Gasteiger partial charge in [0.15, 0.2) is 0 Å². The van der Waals surface area contributed by atoms with Crippen LogP contribution in [0.4, 0.5) is 0 Å². The van der Waals surface area contributed by atoms with Gasteiger partial charge in [-0.05, 0) is 56.3 Å². The fourth-order valence-corrected chi connectivity index (χ4v) is 4.96. The van der Waals surface area contributed by atoms with Gasteiger partial charge in [0.05, 0.1) is 11.0 Å². The van der Waals surface area contributed by atoms with Crippen molar-refractivity contribution >= 4 is 28.6 Å². The highest BCUT2D eigenvalue weighted by atomic mass is 127. The molecule has 0 N–H and O–H groups in total. The molecule has 0 spiro atoms. The molecule has 0 heterocycles. The van der Waals surface area contributed by atoms with Crippen LogP contribution >= 0.6 is 22.6 Å². The molecule has 0 radical (unpaired) electrons. The molecule has 2 nitrogen and oxygen atoms in total. The van der Waals surface area contributed by atoms with E-state index < -0.39 is 0 Å². The standard InChI is InChI=1S/C13H19IO2/c14-7-12(15)16-8-13-4-9-1-10(5-13)3-11(2-9)6-13/h9-11H,1-8H2. The molecule has 16 heavy (non-hydrogen) atoms. The first-order chi connectivity index (χ1) is 7.69. The van der Waals surface area contributed by atoms with E-state index in [2.05, 4.69) is 22.6 Å². The molecule has 90 valence electrons. The van der Waals surface area contributed by atoms with Gasteiger partial charge in [-0.25, -0.2) is 0 Å². The van der Waals surface area contributed by atoms with Crippen molar-refractivity contribution in [1.29, 1.82) is 0 Å². The first kappa shape index (κ1) is 11.3. The second-order valence-corrected chi connectivity index (χ2v) is 6.97. The van der Waals surface area contributed by atoms with Crippen LogP contribution in [-0.4, -0.2) is 17.0 Å². The maximum absolute atomic E-state index is 11.3. The zero-order chi connectivity index (χ0) is 11.2. The largest absolute Gasteiger partial charge is 0.465 e. The third kappa shape index (κ3) is 2.00. The van der Waals surface area contributed by atoms with Crippen LogP contribution in [0.3, 0.4) is 0 Å². The molecule has 0 atom stereocenters. The van der Waals surface area contributed by atoms with Crippen molar-refractivity contribution in [3.8, 4) is 0 Å². The summed E-state index contributed by atoms with van der Waals surface area (Å²) in [4.78, 5) is 11.3. The van der Waals surface area contributed by atoms with E-state index in [4.69, 9.17) is 4.74 Å². The van der Waals surface area contributed by atoms with E-state index in [1.165, 1.54) is 38.5 Å². The molecule has 4 aliphatic rings. The second kappa shape index (κ2) is 4.14. The van der Waals surface area contributed by atoms with Gasteiger partial charge in [0.25, 0.3) is 0 Å². The van der Waals surface area contributed by atoms with Crippen molar-refractivity contribution in [2.45, 2.75) is 38.5 Å². The van der Waals surface area contributed by atoms with Gasteiger partial charge >= 0.3 is 5.97 Å². The summed E-state index contributed by atoms with van der Waals surface area (Å²) in [6.45, 7) is 0.707. The Morgan fingerprint density at radius 1 is 1.12 bits per heavy atom. The average molecular weight is 334 g/mol. The number of halogens is 1. The van der Waals surface area contributed by atoms with Crippen LogP contribution in [0.1, 0.15) is 38.5 Å². The third-order valence-electron chi connectivity index (χ3n) is 4.81. The van der Waals surface area contributed by atoms with Gasteiger partial charge in [0.2, 0.25) is 0 Å². The SMILES string of the molecule is O=C(CI)OCC12CC3CC(CC(C3)C1)C2. The van der Waals surface area contributed by atoms with Crippen LogP contribution in [-0.2, 0) is 9.53 Å². The number of hydrogen-bond acceptors (Lipinski definition) is 2. The molecule has 4 aliphatic carbocycles. The van der Waals surface area contributed by atoms with Crippen LogP contribution in [0.2, 0.25) is 0 Å². The zero-order valence-corrected chi connectivity index (χ0v) is 11.7. The van der Waals surface area contributed by atoms with Crippen LogP contribution in [0.5, 0.6) is 0 Å². The van der Waals surface area contributed by atoms with E-state index in [9.17, 15) is 4.79 Å². The predicted molar refractivity (Wildman–Crippen MR) is 70.5 cm³/mol. The summed E-state index contributed by atoms with van der Waals surface area (Å²) >= 11 is 2.08. The first-order valence-corrected chi connectivity index (χ1v) is 7.93. The van der Waals surface area contributed by atoms with Crippen molar-refractivity contribution in [1.82, 2.24) is 0 Å². The number of esters is 1. The number of carbonyl (C=O) groups excluding carboxylic acids is 1. The van der Waals surface area contributed by atoms with Gasteiger partial charge in [-0.2, -0.15) is 0 Å². The Morgan fingerprint density at radius 3 is 2.06 bits per heavy atom. The average Bonchev–Trinajstić information content (AvgIpc) is 2.24. The van der Waals surface area contributed by atoms with Gasteiger partial charge in [-0.15, -0.1) is 0 Å². The smallest absolute Gasteiger partial charge is 0.315 e. The summed E-state index contributed by atoms with van der Waals surface area (Å²) in [7, 11) is 0. The lowest BCUT2D eigenvalue weighted by atomic mass is 9.50. The highest BCUT2D eigenvalue weighted by Gasteiger charge is 2.51. The van der Waals surface area contributed by atoms with Crippen LogP contribution in [0, 0.1) is 23.2 Å². The molecule has 0 aromatic rings. The summed E-state index contributed by atoms with van der Waals surface area (Å²) in [6.07, 6.45) is 8.35. The topological polar surface area (TPSA) is 26.3 Å². The molecule has 0 amide bonds. The first-order valence-electron chi connectivity index (χ1n) is 6.41. The van der Waals surface area contributed by atoms with E-state index >= 15 is 0 Å². The van der Waals surface area contributed by atoms with Crippen molar-refractivity contribution in [2.24, 2.45) is 23.2 Å². The Morgan fingerprint density at radius 2 is 1.62 bits per heavy atom. The van der Waals surface area contributed by atoms with Crippen LogP contribution < -0.4 is 0 Å². The molecule has 4 saturated carbocycles. The van der Waals surface area contributed by atoms with Gasteiger partial charge in [-0.1, -0.05) is 22.6 Å². The lowest BCUT2D eigenvalue weighted by Gasteiger charge is -2.56. The summed E-state index contributed by atoms with van der Waals surface area (Å²) < 4.78 is 5.92. The maximum Gasteiger partial charge on any atom is 0.315 e. The molecule has 0 saturated heterocycles. The Bertz CT molecular complexity index is 265. The number of hydrogen-bond donors (Lipinski definition) is 0. The quantitative estimate of drug-likeness (QED) is 0.450. The molecule has 3 heteroatoms. The lowest BCUT2D eigenvalue weighted by Crippen LogP contribution is -2.48. The van der Waals surface area contributed by atoms with E-state index in [0.717, 1.165) is 17.8 Å². The Labute approximate surface area is 111 Å². The van der Waals surface area contributed by atoms with Crippen molar-refractivity contribution in [3.05, 3.63) is 0 Å². The Balaban J connectivity index is 1.67. The fraction of sp³-hybridized carbons (Fsp3) is 0.923. The summed E-state index contributed by atoms with van der Waals surface area (Å²) in [5, 5.41) is 0. The molecule has 0 unspecified atom stereocenters. The van der Waals surface area contributed by atoms with Crippen molar-refractivity contribution in [2.75, 3.05) is 11.0 Å². The van der Waals surface area contributed by atoms with E-state index in [-0.39, 0.29) is 5.97 Å². The minimum absolute atomic E-state index is 0.0312. The summed E-state index contributed by atoms with van der Waals surface area (Å²) in [5.41, 5.74) is 0.385. The Hall–Kier alpha value is 0.200. The lowest BCUT2D eigenvalue weighted by molar-refractivity contribution is -0.152. The number of rotatable bonds is 3. The zero-order valence-electron chi connectivity index (χ0n) is 9.58. The van der Waals surface area contributed by atoms with Crippen molar-refractivity contribution < 1.29 is 9.53 Å². The molecule has 0 aromatic heterocycles. The predicted octanol–water partition coefficient (Wildman–Crippen LogP) is 3.18. The maximum atomic E-state index is 11.3. The minimum atomic E-state index is -0.0312. The molecular formula is C13H19IO2. The molecule has 0 aliphatic heterocycles. The highest BCUT2D eigenvalue weighted by Crippen LogP contribution is 2.59. The second-order valence-electron chi connectivity index (χ2n) is 6.21. The summed E-state index contributed by atoms with van der Waals surface area (Å²) in [5.74, 6) is 2.81. The van der Waals surface area contributed by atoms with Gasteiger partial charge < -0.3 is 4.74 Å². The van der Waals surface area contributed by atoms with E-state index in [1.54, 1.807) is 0 Å². The number of carbonyl (C=O) groups is 1. The molecule has 0 aromatic carbocycles. The molecule has 4 rings (SSSR count). The highest BCUT2D eigenvalue weighted by molar-refractivity contribution is 14.1. The normalized spacial score (nSPS) is 44.7. The molecule has 4 bridgehead atoms. The van der Waals surface area contributed by atoms with Crippen LogP contribution in [0.25, 0.3) is 0 Å². The van der Waals surface area contributed by atoms with Gasteiger partial charge in [-0.3, -0.25) is 4.79 Å². The summed E-state index contributed by atoms with van der Waals surface area (Å²) in [6, 6.07) is 0. The number of alkyl halides is 1. The van der Waals surface area contributed by atoms with E-state index in [0.29, 0.717) is 16.4 Å². The molecular weight excluding hydrogens is 315 g/mol. The minimum Gasteiger partial charge on any atom is -0.465 e. The molecule has 4 fully saturated rings. The third-order valence-corrected chi connectivity index (χ3v) is 5.44. The monoisotopic (exact) mass is 334 g/mol. The fourth-order valence-electron chi connectivity index (χ4n) is 4.74. The van der Waals surface area contributed by atoms with Gasteiger partial charge in [0, 0.05) is 5.41 Å². The van der Waals surface area contributed by atoms with Gasteiger partial charge in [0.1, 0.15) is 0 Å². The van der Waals surface area contributed by atoms with Crippen LogP contribution in [0.15, 0.2) is 0 Å². The van der Waals surface area contributed by atoms with Crippen molar-refractivity contribution in [3.63, 3.8) is 0 Å². The Kier molecular flexibility index (Phi) is 2.93.